The Labute approximate surface area is 145 Å². The van der Waals surface area contributed by atoms with Crippen LogP contribution in [0.5, 0.6) is 0 Å². The summed E-state index contributed by atoms with van der Waals surface area (Å²) in [6.45, 7) is -0.240. The highest BCUT2D eigenvalue weighted by atomic mass is 79.9. The van der Waals surface area contributed by atoms with E-state index in [1.54, 1.807) is 0 Å². The van der Waals surface area contributed by atoms with Crippen molar-refractivity contribution in [2.24, 2.45) is 0 Å². The number of aromatic amines is 1. The summed E-state index contributed by atoms with van der Waals surface area (Å²) in [7, 11) is -3.61. The van der Waals surface area contributed by atoms with Crippen LogP contribution in [0.15, 0.2) is 20.8 Å². The first-order valence-electron chi connectivity index (χ1n) is 6.47. The van der Waals surface area contributed by atoms with Crippen molar-refractivity contribution < 1.29 is 17.3 Å². The van der Waals surface area contributed by atoms with E-state index in [2.05, 4.69) is 25.1 Å². The molecule has 1 aromatic heterocycles. The second-order valence-corrected chi connectivity index (χ2v) is 7.65. The van der Waals surface area contributed by atoms with Crippen molar-refractivity contribution in [2.75, 3.05) is 12.9 Å². The second kappa shape index (κ2) is 7.31. The standard InChI is InChI=1S/C12H14BrClN2O6S/c1-23(19,20)21-6-9-8(14)4-10(22-9)16-5-7(2-3-13)11(17)15-12(16)18/h2-3,5,8-10H,4,6H2,1H3,(H,15,17,18)/t8-,9+,10+/m0/s1. The molecule has 1 fully saturated rings. The van der Waals surface area contributed by atoms with Gasteiger partial charge >= 0.3 is 5.69 Å². The summed E-state index contributed by atoms with van der Waals surface area (Å²) >= 11 is 9.19. The van der Waals surface area contributed by atoms with Crippen molar-refractivity contribution in [3.8, 4) is 0 Å². The molecule has 1 aliphatic rings. The Morgan fingerprint density at radius 1 is 1.57 bits per heavy atom. The van der Waals surface area contributed by atoms with E-state index >= 15 is 0 Å². The van der Waals surface area contributed by atoms with Crippen molar-refractivity contribution in [3.05, 3.63) is 37.6 Å². The summed E-state index contributed by atoms with van der Waals surface area (Å²) in [5, 5.41) is -0.532. The van der Waals surface area contributed by atoms with Gasteiger partial charge in [0.2, 0.25) is 0 Å². The zero-order valence-electron chi connectivity index (χ0n) is 11.9. The topological polar surface area (TPSA) is 107 Å². The molecule has 0 amide bonds. The van der Waals surface area contributed by atoms with E-state index in [0.717, 1.165) is 6.26 Å². The number of halogens is 2. The Hall–Kier alpha value is -0.940. The number of rotatable bonds is 5. The fourth-order valence-corrected chi connectivity index (χ4v) is 3.05. The van der Waals surface area contributed by atoms with Gasteiger partial charge < -0.3 is 4.74 Å². The molecule has 0 aliphatic carbocycles. The van der Waals surface area contributed by atoms with Gasteiger partial charge in [0, 0.05) is 12.6 Å². The number of ether oxygens (including phenoxy) is 1. The lowest BCUT2D eigenvalue weighted by molar-refractivity contribution is -0.0183. The van der Waals surface area contributed by atoms with Gasteiger partial charge in [0.25, 0.3) is 15.7 Å². The van der Waals surface area contributed by atoms with Gasteiger partial charge in [0.15, 0.2) is 0 Å². The van der Waals surface area contributed by atoms with Crippen LogP contribution in [-0.2, 0) is 19.0 Å². The molecule has 0 spiro atoms. The summed E-state index contributed by atoms with van der Waals surface area (Å²) in [6, 6.07) is 0. The van der Waals surface area contributed by atoms with Crippen LogP contribution in [-0.4, -0.2) is 42.3 Å². The Balaban J connectivity index is 2.22. The number of alkyl halides is 1. The Morgan fingerprint density at radius 2 is 2.26 bits per heavy atom. The van der Waals surface area contributed by atoms with Gasteiger partial charge in [0.05, 0.1) is 23.8 Å². The summed E-state index contributed by atoms with van der Waals surface area (Å²) in [4.78, 5) is 27.2. The van der Waals surface area contributed by atoms with Crippen molar-refractivity contribution in [1.29, 1.82) is 0 Å². The maximum atomic E-state index is 11.9. The van der Waals surface area contributed by atoms with Crippen molar-refractivity contribution >= 4 is 43.7 Å². The lowest BCUT2D eigenvalue weighted by atomic mass is 10.2. The number of nitrogens with one attached hydrogen (secondary N) is 1. The van der Waals surface area contributed by atoms with E-state index in [9.17, 15) is 18.0 Å². The summed E-state index contributed by atoms with van der Waals surface area (Å²) in [6.07, 6.45) is 2.61. The highest BCUT2D eigenvalue weighted by molar-refractivity contribution is 9.11. The number of aromatic nitrogens is 2. The lowest BCUT2D eigenvalue weighted by Crippen LogP contribution is -2.33. The van der Waals surface area contributed by atoms with Gasteiger partial charge in [-0.1, -0.05) is 15.9 Å². The summed E-state index contributed by atoms with van der Waals surface area (Å²) in [5.41, 5.74) is -0.911. The first-order chi connectivity index (χ1) is 10.7. The summed E-state index contributed by atoms with van der Waals surface area (Å²) < 4.78 is 33.5. The molecule has 23 heavy (non-hydrogen) atoms. The maximum absolute atomic E-state index is 11.9. The first-order valence-corrected chi connectivity index (χ1v) is 9.64. The van der Waals surface area contributed by atoms with Crippen LogP contribution in [0.3, 0.4) is 0 Å². The predicted molar refractivity (Wildman–Crippen MR) is 88.2 cm³/mol. The van der Waals surface area contributed by atoms with Gasteiger partial charge in [-0.05, 0) is 11.1 Å². The van der Waals surface area contributed by atoms with E-state index in [-0.39, 0.29) is 18.6 Å². The quantitative estimate of drug-likeness (QED) is 0.547. The number of nitrogens with zero attached hydrogens (tertiary/aromatic N) is 1. The molecule has 2 heterocycles. The zero-order valence-corrected chi connectivity index (χ0v) is 15.1. The van der Waals surface area contributed by atoms with E-state index in [1.807, 2.05) is 0 Å². The third-order valence-electron chi connectivity index (χ3n) is 3.16. The molecule has 8 nitrogen and oxygen atoms in total. The molecular weight excluding hydrogens is 416 g/mol. The van der Waals surface area contributed by atoms with Crippen LogP contribution >= 0.6 is 27.5 Å². The minimum atomic E-state index is -3.61. The first kappa shape index (κ1) is 18.4. The molecule has 128 valence electrons. The molecule has 0 aromatic carbocycles. The second-order valence-electron chi connectivity index (χ2n) is 4.91. The highest BCUT2D eigenvalue weighted by Crippen LogP contribution is 2.31. The van der Waals surface area contributed by atoms with E-state index in [1.165, 1.54) is 21.8 Å². The van der Waals surface area contributed by atoms with E-state index in [4.69, 9.17) is 16.3 Å². The smallest absolute Gasteiger partial charge is 0.330 e. The Bertz CT molecular complexity index is 818. The van der Waals surface area contributed by atoms with Crippen LogP contribution < -0.4 is 11.2 Å². The third-order valence-corrected chi connectivity index (χ3v) is 4.44. The zero-order chi connectivity index (χ0) is 17.2. The van der Waals surface area contributed by atoms with Crippen LogP contribution in [0.25, 0.3) is 6.08 Å². The Morgan fingerprint density at radius 3 is 2.87 bits per heavy atom. The summed E-state index contributed by atoms with van der Waals surface area (Å²) in [5.74, 6) is 0. The average Bonchev–Trinajstić information content (AvgIpc) is 2.80. The van der Waals surface area contributed by atoms with Gasteiger partial charge in [0.1, 0.15) is 12.3 Å². The SMILES string of the molecule is CS(=O)(=O)OC[C@H]1O[C@@H](n2cc(C=CBr)c(=O)[nH]c2=O)C[C@@H]1Cl. The number of hydrogen-bond donors (Lipinski definition) is 1. The van der Waals surface area contributed by atoms with Crippen LogP contribution in [0.1, 0.15) is 18.2 Å². The van der Waals surface area contributed by atoms with E-state index in [0.29, 0.717) is 0 Å². The fraction of sp³-hybridized carbons (Fsp3) is 0.500. The Kier molecular flexibility index (Phi) is 5.84. The molecule has 0 unspecified atom stereocenters. The number of hydrogen-bond acceptors (Lipinski definition) is 6. The van der Waals surface area contributed by atoms with Gasteiger partial charge in [-0.15, -0.1) is 11.6 Å². The highest BCUT2D eigenvalue weighted by Gasteiger charge is 2.36. The largest absolute Gasteiger partial charge is 0.351 e. The van der Waals surface area contributed by atoms with E-state index < -0.39 is 39.1 Å². The van der Waals surface area contributed by atoms with Crippen LogP contribution in [0.4, 0.5) is 0 Å². The van der Waals surface area contributed by atoms with Gasteiger partial charge in [-0.3, -0.25) is 18.5 Å². The molecule has 1 aliphatic heterocycles. The monoisotopic (exact) mass is 428 g/mol. The minimum Gasteiger partial charge on any atom is -0.351 e. The predicted octanol–water partition coefficient (Wildman–Crippen LogP) is 0.773. The lowest BCUT2D eigenvalue weighted by Gasteiger charge is -2.16. The van der Waals surface area contributed by atoms with Crippen LogP contribution in [0, 0.1) is 0 Å². The molecule has 11 heteroatoms. The minimum absolute atomic E-state index is 0.240. The van der Waals surface area contributed by atoms with Crippen molar-refractivity contribution in [1.82, 2.24) is 9.55 Å². The fourth-order valence-electron chi connectivity index (χ4n) is 2.10. The molecular formula is C12H14BrClN2O6S. The average molecular weight is 430 g/mol. The molecule has 0 saturated carbocycles. The van der Waals surface area contributed by atoms with Gasteiger partial charge in [-0.2, -0.15) is 8.42 Å². The van der Waals surface area contributed by atoms with Crippen molar-refractivity contribution in [2.45, 2.75) is 24.1 Å². The number of H-pyrrole nitrogens is 1. The molecule has 3 atom stereocenters. The third kappa shape index (κ3) is 4.77. The molecule has 1 N–H and O–H groups in total. The molecule has 0 radical (unpaired) electrons. The molecule has 2 rings (SSSR count). The van der Waals surface area contributed by atoms with Gasteiger partial charge in [-0.25, -0.2) is 4.79 Å². The molecule has 1 aromatic rings. The molecule has 0 bridgehead atoms. The maximum Gasteiger partial charge on any atom is 0.330 e. The normalized spacial score (nSPS) is 25.3. The van der Waals surface area contributed by atoms with Crippen LogP contribution in [0.2, 0.25) is 0 Å². The molecule has 1 saturated heterocycles. The van der Waals surface area contributed by atoms with Crippen molar-refractivity contribution in [3.63, 3.8) is 0 Å².